The van der Waals surface area contributed by atoms with Gasteiger partial charge in [0.15, 0.2) is 0 Å². The molecule has 0 saturated heterocycles. The van der Waals surface area contributed by atoms with Crippen LogP contribution in [0.4, 0.5) is 0 Å². The molecule has 0 fully saturated rings. The number of aliphatic hydroxyl groups is 1. The molecule has 0 spiro atoms. The summed E-state index contributed by atoms with van der Waals surface area (Å²) < 4.78 is 1.07. The number of rotatable bonds is 4. The van der Waals surface area contributed by atoms with Crippen LogP contribution in [-0.2, 0) is 0 Å². The highest BCUT2D eigenvalue weighted by atomic mass is 79.9. The number of hydrogen-bond acceptors (Lipinski definition) is 2. The van der Waals surface area contributed by atoms with Gasteiger partial charge < -0.3 is 10.4 Å². The van der Waals surface area contributed by atoms with Crippen LogP contribution in [0.3, 0.4) is 0 Å². The Morgan fingerprint density at radius 2 is 2.07 bits per heavy atom. The second-order valence-electron chi connectivity index (χ2n) is 4.01. The quantitative estimate of drug-likeness (QED) is 0.883. The van der Waals surface area contributed by atoms with Gasteiger partial charge in [0.05, 0.1) is 6.10 Å². The van der Waals surface area contributed by atoms with Gasteiger partial charge in [-0.25, -0.2) is 0 Å². The van der Waals surface area contributed by atoms with E-state index in [0.29, 0.717) is 12.5 Å². The van der Waals surface area contributed by atoms with E-state index in [1.165, 1.54) is 5.56 Å². The summed E-state index contributed by atoms with van der Waals surface area (Å²) in [5, 5.41) is 12.7. The van der Waals surface area contributed by atoms with Crippen LogP contribution in [0.5, 0.6) is 0 Å². The van der Waals surface area contributed by atoms with Gasteiger partial charge in [-0.2, -0.15) is 0 Å². The fourth-order valence-corrected chi connectivity index (χ4v) is 2.38. The van der Waals surface area contributed by atoms with Crippen molar-refractivity contribution in [1.82, 2.24) is 5.32 Å². The molecule has 0 radical (unpaired) electrons. The molecule has 1 unspecified atom stereocenters. The number of hydrogen-bond donors (Lipinski definition) is 2. The molecule has 1 atom stereocenters. The first-order valence-electron chi connectivity index (χ1n) is 5.18. The molecule has 0 aliphatic heterocycles. The second kappa shape index (κ2) is 5.64. The van der Waals surface area contributed by atoms with Crippen LogP contribution in [0.15, 0.2) is 22.7 Å². The number of halogens is 1. The van der Waals surface area contributed by atoms with Crippen LogP contribution in [0, 0.1) is 0 Å². The lowest BCUT2D eigenvalue weighted by molar-refractivity contribution is 0.177. The maximum Gasteiger partial charge on any atom is 0.0914 e. The van der Waals surface area contributed by atoms with Gasteiger partial charge in [-0.3, -0.25) is 0 Å². The molecule has 84 valence electrons. The molecule has 3 heteroatoms. The molecule has 2 N–H and O–H groups in total. The van der Waals surface area contributed by atoms with E-state index < -0.39 is 6.10 Å². The topological polar surface area (TPSA) is 32.3 Å². The average Bonchev–Trinajstić information content (AvgIpc) is 2.17. The summed E-state index contributed by atoms with van der Waals surface area (Å²) in [6, 6.07) is 6.06. The van der Waals surface area contributed by atoms with Gasteiger partial charge >= 0.3 is 0 Å². The van der Waals surface area contributed by atoms with Crippen molar-refractivity contribution in [3.05, 3.63) is 33.8 Å². The van der Waals surface area contributed by atoms with Crippen molar-refractivity contribution in [3.8, 4) is 0 Å². The molecule has 1 rings (SSSR count). The molecule has 15 heavy (non-hydrogen) atoms. The van der Waals surface area contributed by atoms with Gasteiger partial charge in [0, 0.05) is 11.0 Å². The minimum absolute atomic E-state index is 0.437. The smallest absolute Gasteiger partial charge is 0.0914 e. The molecule has 1 aromatic carbocycles. The number of aliphatic hydroxyl groups excluding tert-OH is 1. The summed E-state index contributed by atoms with van der Waals surface area (Å²) in [6.07, 6.45) is -0.437. The van der Waals surface area contributed by atoms with E-state index in [2.05, 4.69) is 41.2 Å². The molecular weight excluding hydrogens is 254 g/mol. The first-order valence-corrected chi connectivity index (χ1v) is 5.97. The average molecular weight is 272 g/mol. The Morgan fingerprint density at radius 1 is 1.40 bits per heavy atom. The van der Waals surface area contributed by atoms with Gasteiger partial charge in [-0.15, -0.1) is 0 Å². The fourth-order valence-electron chi connectivity index (χ4n) is 1.53. The first-order chi connectivity index (χ1) is 7.06. The van der Waals surface area contributed by atoms with Gasteiger partial charge in [0.1, 0.15) is 0 Å². The zero-order valence-electron chi connectivity index (χ0n) is 9.42. The third-order valence-corrected chi connectivity index (χ3v) is 3.12. The van der Waals surface area contributed by atoms with Crippen LogP contribution < -0.4 is 5.32 Å². The van der Waals surface area contributed by atoms with Crippen molar-refractivity contribution in [1.29, 1.82) is 0 Å². The van der Waals surface area contributed by atoms with Crippen molar-refractivity contribution in [2.75, 3.05) is 13.6 Å². The van der Waals surface area contributed by atoms with Crippen LogP contribution in [0.1, 0.15) is 37.0 Å². The van der Waals surface area contributed by atoms with Crippen molar-refractivity contribution >= 4 is 15.9 Å². The Balaban J connectivity index is 2.91. The molecule has 0 aliphatic rings. The summed E-state index contributed by atoms with van der Waals surface area (Å²) in [5.74, 6) is 0.495. The van der Waals surface area contributed by atoms with Crippen LogP contribution in [0.25, 0.3) is 0 Å². The molecule has 0 aliphatic carbocycles. The SMILES string of the molecule is CNCC(O)c1ccc(C(C)C)c(Br)c1. The molecule has 0 bridgehead atoms. The largest absolute Gasteiger partial charge is 0.387 e. The van der Waals surface area contributed by atoms with E-state index in [1.54, 1.807) is 0 Å². The van der Waals surface area contributed by atoms with Crippen molar-refractivity contribution in [2.24, 2.45) is 0 Å². The van der Waals surface area contributed by atoms with Crippen molar-refractivity contribution in [3.63, 3.8) is 0 Å². The Labute approximate surface area is 99.8 Å². The highest BCUT2D eigenvalue weighted by Gasteiger charge is 2.10. The second-order valence-corrected chi connectivity index (χ2v) is 4.86. The van der Waals surface area contributed by atoms with Gasteiger partial charge in [-0.05, 0) is 30.2 Å². The molecular formula is C12H18BrNO. The van der Waals surface area contributed by atoms with Gasteiger partial charge in [-0.1, -0.05) is 41.9 Å². The van der Waals surface area contributed by atoms with Crippen LogP contribution in [0.2, 0.25) is 0 Å². The lowest BCUT2D eigenvalue weighted by atomic mass is 10.00. The van der Waals surface area contributed by atoms with E-state index in [1.807, 2.05) is 19.2 Å². The Hall–Kier alpha value is -0.380. The summed E-state index contributed by atoms with van der Waals surface area (Å²) in [4.78, 5) is 0. The minimum Gasteiger partial charge on any atom is -0.387 e. The normalized spacial score (nSPS) is 13.2. The Bertz CT molecular complexity index is 325. The van der Waals surface area contributed by atoms with Crippen LogP contribution >= 0.6 is 15.9 Å². The Kier molecular flexibility index (Phi) is 4.77. The third-order valence-electron chi connectivity index (χ3n) is 2.43. The Morgan fingerprint density at radius 3 is 2.53 bits per heavy atom. The standard InChI is InChI=1S/C12H18BrNO/c1-8(2)10-5-4-9(6-11(10)13)12(15)7-14-3/h4-6,8,12,14-15H,7H2,1-3H3. The minimum atomic E-state index is -0.437. The van der Waals surface area contributed by atoms with E-state index in [-0.39, 0.29) is 0 Å². The zero-order valence-corrected chi connectivity index (χ0v) is 11.0. The monoisotopic (exact) mass is 271 g/mol. The third kappa shape index (κ3) is 3.30. The number of benzene rings is 1. The number of nitrogens with one attached hydrogen (secondary N) is 1. The first kappa shape index (κ1) is 12.7. The highest BCUT2D eigenvalue weighted by Crippen LogP contribution is 2.27. The lowest BCUT2D eigenvalue weighted by Crippen LogP contribution is -2.16. The molecule has 0 amide bonds. The summed E-state index contributed by atoms with van der Waals surface area (Å²) >= 11 is 3.54. The predicted octanol–water partition coefficient (Wildman–Crippen LogP) is 2.83. The highest BCUT2D eigenvalue weighted by molar-refractivity contribution is 9.10. The maximum absolute atomic E-state index is 9.79. The summed E-state index contributed by atoms with van der Waals surface area (Å²) in [7, 11) is 1.83. The molecule has 0 aromatic heterocycles. The maximum atomic E-state index is 9.79. The van der Waals surface area contributed by atoms with E-state index in [0.717, 1.165) is 10.0 Å². The molecule has 1 aromatic rings. The number of likely N-dealkylation sites (N-methyl/N-ethyl adjacent to an activating group) is 1. The lowest BCUT2D eigenvalue weighted by Gasteiger charge is -2.14. The van der Waals surface area contributed by atoms with Crippen molar-refractivity contribution < 1.29 is 5.11 Å². The summed E-state index contributed by atoms with van der Waals surface area (Å²) in [5.41, 5.74) is 2.22. The fraction of sp³-hybridized carbons (Fsp3) is 0.500. The molecule has 2 nitrogen and oxygen atoms in total. The molecule has 0 saturated carbocycles. The van der Waals surface area contributed by atoms with E-state index in [4.69, 9.17) is 0 Å². The molecule has 0 heterocycles. The zero-order chi connectivity index (χ0) is 11.4. The predicted molar refractivity (Wildman–Crippen MR) is 67.1 cm³/mol. The van der Waals surface area contributed by atoms with Gasteiger partial charge in [0.25, 0.3) is 0 Å². The van der Waals surface area contributed by atoms with E-state index >= 15 is 0 Å². The van der Waals surface area contributed by atoms with E-state index in [9.17, 15) is 5.11 Å². The summed E-state index contributed by atoms with van der Waals surface area (Å²) in [6.45, 7) is 4.89. The van der Waals surface area contributed by atoms with Crippen molar-refractivity contribution in [2.45, 2.75) is 25.9 Å². The van der Waals surface area contributed by atoms with Crippen LogP contribution in [-0.4, -0.2) is 18.7 Å². The van der Waals surface area contributed by atoms with Gasteiger partial charge in [0.2, 0.25) is 0 Å².